The van der Waals surface area contributed by atoms with Gasteiger partial charge in [0.1, 0.15) is 0 Å². The van der Waals surface area contributed by atoms with Crippen molar-refractivity contribution in [2.24, 2.45) is 11.1 Å². The zero-order valence-corrected chi connectivity index (χ0v) is 13.7. The Kier molecular flexibility index (Phi) is 6.49. The van der Waals surface area contributed by atoms with Crippen molar-refractivity contribution in [2.45, 2.75) is 70.3 Å². The lowest BCUT2D eigenvalue weighted by atomic mass is 9.66. The summed E-state index contributed by atoms with van der Waals surface area (Å²) in [5.41, 5.74) is 5.94. The fourth-order valence-electron chi connectivity index (χ4n) is 3.79. The normalized spacial score (nSPS) is 22.0. The molecule has 0 atom stereocenters. The second-order valence-corrected chi connectivity index (χ2v) is 7.21. The summed E-state index contributed by atoms with van der Waals surface area (Å²) in [6.45, 7) is 2.55. The first-order valence-corrected chi connectivity index (χ1v) is 8.82. The van der Waals surface area contributed by atoms with Gasteiger partial charge in [-0.2, -0.15) is 0 Å². The standard InChI is InChI=1S/C17H33N3O/c1-20(15-7-3-2-4-8-15)12-6-11-19-16(21)13-17(14-18)9-5-10-17/h15H,2-14,18H2,1H3,(H,19,21). The molecule has 122 valence electrons. The quantitative estimate of drug-likeness (QED) is 0.675. The summed E-state index contributed by atoms with van der Waals surface area (Å²) in [6.07, 6.45) is 12.0. The predicted molar refractivity (Wildman–Crippen MR) is 87.1 cm³/mol. The van der Waals surface area contributed by atoms with Crippen molar-refractivity contribution < 1.29 is 4.79 Å². The molecular weight excluding hydrogens is 262 g/mol. The molecule has 4 heteroatoms. The van der Waals surface area contributed by atoms with Crippen LogP contribution in [0.4, 0.5) is 0 Å². The first-order chi connectivity index (χ1) is 10.2. The van der Waals surface area contributed by atoms with E-state index in [-0.39, 0.29) is 11.3 Å². The van der Waals surface area contributed by atoms with E-state index in [4.69, 9.17) is 5.73 Å². The van der Waals surface area contributed by atoms with E-state index in [9.17, 15) is 4.79 Å². The zero-order chi connectivity index (χ0) is 15.1. The van der Waals surface area contributed by atoms with Crippen LogP contribution in [0.15, 0.2) is 0 Å². The Morgan fingerprint density at radius 2 is 1.95 bits per heavy atom. The number of nitrogens with zero attached hydrogens (tertiary/aromatic N) is 1. The van der Waals surface area contributed by atoms with Crippen molar-refractivity contribution in [3.8, 4) is 0 Å². The van der Waals surface area contributed by atoms with Gasteiger partial charge in [0.2, 0.25) is 5.91 Å². The van der Waals surface area contributed by atoms with Gasteiger partial charge in [-0.15, -0.1) is 0 Å². The van der Waals surface area contributed by atoms with Gasteiger partial charge in [0, 0.05) is 19.0 Å². The maximum atomic E-state index is 12.0. The number of carbonyl (C=O) groups is 1. The zero-order valence-electron chi connectivity index (χ0n) is 13.7. The molecule has 0 aromatic heterocycles. The van der Waals surface area contributed by atoms with Crippen molar-refractivity contribution in [1.82, 2.24) is 10.2 Å². The highest BCUT2D eigenvalue weighted by Gasteiger charge is 2.37. The lowest BCUT2D eigenvalue weighted by Crippen LogP contribution is -2.42. The van der Waals surface area contributed by atoms with E-state index in [1.165, 1.54) is 38.5 Å². The molecule has 0 aromatic rings. The van der Waals surface area contributed by atoms with Crippen LogP contribution in [0.1, 0.15) is 64.2 Å². The number of hydrogen-bond acceptors (Lipinski definition) is 3. The first kappa shape index (κ1) is 16.8. The molecule has 0 saturated heterocycles. The van der Waals surface area contributed by atoms with Gasteiger partial charge in [-0.05, 0) is 57.7 Å². The van der Waals surface area contributed by atoms with Crippen LogP contribution in [0.2, 0.25) is 0 Å². The van der Waals surface area contributed by atoms with Crippen molar-refractivity contribution in [2.75, 3.05) is 26.7 Å². The lowest BCUT2D eigenvalue weighted by molar-refractivity contribution is -0.124. The van der Waals surface area contributed by atoms with Crippen LogP contribution >= 0.6 is 0 Å². The molecule has 0 radical (unpaired) electrons. The largest absolute Gasteiger partial charge is 0.356 e. The fourth-order valence-corrected chi connectivity index (χ4v) is 3.79. The Labute approximate surface area is 129 Å². The van der Waals surface area contributed by atoms with Crippen molar-refractivity contribution in [3.05, 3.63) is 0 Å². The van der Waals surface area contributed by atoms with E-state index < -0.39 is 0 Å². The minimum atomic E-state index is 0.128. The Morgan fingerprint density at radius 1 is 1.24 bits per heavy atom. The summed E-state index contributed by atoms with van der Waals surface area (Å²) in [4.78, 5) is 14.5. The smallest absolute Gasteiger partial charge is 0.220 e. The first-order valence-electron chi connectivity index (χ1n) is 8.82. The van der Waals surface area contributed by atoms with Gasteiger partial charge < -0.3 is 16.0 Å². The van der Waals surface area contributed by atoms with Crippen LogP contribution in [-0.2, 0) is 4.79 Å². The summed E-state index contributed by atoms with van der Waals surface area (Å²) in [7, 11) is 2.23. The Hall–Kier alpha value is -0.610. The topological polar surface area (TPSA) is 58.4 Å². The minimum Gasteiger partial charge on any atom is -0.356 e. The minimum absolute atomic E-state index is 0.128. The van der Waals surface area contributed by atoms with Gasteiger partial charge in [-0.1, -0.05) is 25.7 Å². The molecule has 2 aliphatic carbocycles. The number of nitrogens with two attached hydrogens (primary N) is 1. The number of carbonyl (C=O) groups excluding carboxylic acids is 1. The summed E-state index contributed by atoms with van der Waals surface area (Å²) < 4.78 is 0. The SMILES string of the molecule is CN(CCCNC(=O)CC1(CN)CCC1)C1CCCCC1. The van der Waals surface area contributed by atoms with Crippen LogP contribution in [-0.4, -0.2) is 43.5 Å². The third-order valence-electron chi connectivity index (χ3n) is 5.59. The van der Waals surface area contributed by atoms with Gasteiger partial charge in [0.25, 0.3) is 0 Å². The molecule has 2 rings (SSSR count). The fraction of sp³-hybridized carbons (Fsp3) is 0.941. The Bertz CT molecular complexity index is 316. The number of hydrogen-bond donors (Lipinski definition) is 2. The lowest BCUT2D eigenvalue weighted by Gasteiger charge is -2.40. The van der Waals surface area contributed by atoms with Crippen LogP contribution in [0, 0.1) is 5.41 Å². The molecule has 0 spiro atoms. The van der Waals surface area contributed by atoms with Gasteiger partial charge >= 0.3 is 0 Å². The maximum Gasteiger partial charge on any atom is 0.220 e. The molecule has 2 saturated carbocycles. The second-order valence-electron chi connectivity index (χ2n) is 7.21. The Balaban J connectivity index is 1.55. The molecule has 2 fully saturated rings. The third kappa shape index (κ3) is 4.96. The molecule has 3 N–H and O–H groups in total. The molecule has 0 bridgehead atoms. The van der Waals surface area contributed by atoms with Crippen molar-refractivity contribution in [1.29, 1.82) is 0 Å². The molecule has 0 unspecified atom stereocenters. The maximum absolute atomic E-state index is 12.0. The number of rotatable bonds is 8. The third-order valence-corrected chi connectivity index (χ3v) is 5.59. The predicted octanol–water partition coefficient (Wildman–Crippen LogP) is 2.28. The molecule has 0 heterocycles. The van der Waals surface area contributed by atoms with E-state index in [0.29, 0.717) is 13.0 Å². The molecule has 2 aliphatic rings. The van der Waals surface area contributed by atoms with Gasteiger partial charge in [0.15, 0.2) is 0 Å². The van der Waals surface area contributed by atoms with Crippen LogP contribution in [0.5, 0.6) is 0 Å². The summed E-state index contributed by atoms with van der Waals surface area (Å²) in [5, 5.41) is 3.08. The number of amides is 1. The van der Waals surface area contributed by atoms with E-state index >= 15 is 0 Å². The van der Waals surface area contributed by atoms with Gasteiger partial charge in [-0.3, -0.25) is 4.79 Å². The highest BCUT2D eigenvalue weighted by molar-refractivity contribution is 5.76. The second kappa shape index (κ2) is 8.14. The summed E-state index contributed by atoms with van der Waals surface area (Å²) in [6, 6.07) is 0.768. The van der Waals surface area contributed by atoms with Crippen molar-refractivity contribution >= 4 is 5.91 Å². The highest BCUT2D eigenvalue weighted by atomic mass is 16.1. The van der Waals surface area contributed by atoms with Gasteiger partial charge in [0.05, 0.1) is 0 Å². The average molecular weight is 295 g/mol. The van der Waals surface area contributed by atoms with E-state index in [1.54, 1.807) is 0 Å². The molecule has 21 heavy (non-hydrogen) atoms. The van der Waals surface area contributed by atoms with E-state index in [2.05, 4.69) is 17.3 Å². The molecule has 1 amide bonds. The van der Waals surface area contributed by atoms with E-state index in [0.717, 1.165) is 38.4 Å². The summed E-state index contributed by atoms with van der Waals surface area (Å²) >= 11 is 0. The van der Waals surface area contributed by atoms with Crippen LogP contribution in [0.25, 0.3) is 0 Å². The molecular formula is C17H33N3O. The van der Waals surface area contributed by atoms with Gasteiger partial charge in [-0.25, -0.2) is 0 Å². The average Bonchev–Trinajstić information content (AvgIpc) is 2.48. The number of nitrogens with one attached hydrogen (secondary N) is 1. The molecule has 4 nitrogen and oxygen atoms in total. The van der Waals surface area contributed by atoms with Crippen LogP contribution in [0.3, 0.4) is 0 Å². The van der Waals surface area contributed by atoms with Crippen LogP contribution < -0.4 is 11.1 Å². The molecule has 0 aliphatic heterocycles. The summed E-state index contributed by atoms with van der Waals surface area (Å²) in [5.74, 6) is 0.195. The van der Waals surface area contributed by atoms with Crippen molar-refractivity contribution in [3.63, 3.8) is 0 Å². The monoisotopic (exact) mass is 295 g/mol. The molecule has 0 aromatic carbocycles. The van der Waals surface area contributed by atoms with E-state index in [1.807, 2.05) is 0 Å². The highest BCUT2D eigenvalue weighted by Crippen LogP contribution is 2.42. The Morgan fingerprint density at radius 3 is 2.52 bits per heavy atom.